The predicted octanol–water partition coefficient (Wildman–Crippen LogP) is 3.33. The summed E-state index contributed by atoms with van der Waals surface area (Å²) in [6.45, 7) is 12.0. The van der Waals surface area contributed by atoms with Crippen molar-refractivity contribution >= 4 is 0 Å². The molecule has 0 aliphatic rings. The minimum Gasteiger partial charge on any atom is -0.387 e. The van der Waals surface area contributed by atoms with E-state index in [9.17, 15) is 5.11 Å². The lowest BCUT2D eigenvalue weighted by Crippen LogP contribution is -2.50. The SMILES string of the molecule is COC(C)(C)C(C)(O)Cc1c(C)cc(C)cc1C. The third kappa shape index (κ3) is 2.93. The van der Waals surface area contributed by atoms with Crippen molar-refractivity contribution in [2.24, 2.45) is 0 Å². The first-order valence-electron chi connectivity index (χ1n) is 6.45. The first kappa shape index (κ1) is 15.2. The molecule has 2 heteroatoms. The molecule has 0 radical (unpaired) electrons. The Bertz CT molecular complexity index is 408. The summed E-state index contributed by atoms with van der Waals surface area (Å²) in [6.07, 6.45) is 0.603. The number of ether oxygens (including phenoxy) is 1. The molecule has 102 valence electrons. The molecule has 0 saturated carbocycles. The van der Waals surface area contributed by atoms with E-state index in [1.54, 1.807) is 7.11 Å². The number of aliphatic hydroxyl groups is 1. The number of aryl methyl sites for hydroxylation is 3. The highest BCUT2D eigenvalue weighted by molar-refractivity contribution is 5.38. The topological polar surface area (TPSA) is 29.5 Å². The second-order valence-corrected chi connectivity index (χ2v) is 6.04. The summed E-state index contributed by atoms with van der Waals surface area (Å²) in [6, 6.07) is 4.33. The Hall–Kier alpha value is -0.860. The Kier molecular flexibility index (Phi) is 4.24. The van der Waals surface area contributed by atoms with Crippen LogP contribution in [0.2, 0.25) is 0 Å². The first-order valence-corrected chi connectivity index (χ1v) is 6.45. The summed E-state index contributed by atoms with van der Waals surface area (Å²) < 4.78 is 5.43. The van der Waals surface area contributed by atoms with Gasteiger partial charge < -0.3 is 9.84 Å². The van der Waals surface area contributed by atoms with Crippen molar-refractivity contribution in [2.45, 2.75) is 59.2 Å². The fourth-order valence-corrected chi connectivity index (χ4v) is 2.27. The number of rotatable bonds is 4. The largest absolute Gasteiger partial charge is 0.387 e. The van der Waals surface area contributed by atoms with Crippen LogP contribution in [-0.2, 0) is 11.2 Å². The van der Waals surface area contributed by atoms with Gasteiger partial charge in [-0.25, -0.2) is 0 Å². The molecule has 1 unspecified atom stereocenters. The van der Waals surface area contributed by atoms with Crippen LogP contribution < -0.4 is 0 Å². The first-order chi connectivity index (χ1) is 8.10. The maximum Gasteiger partial charge on any atom is 0.0942 e. The van der Waals surface area contributed by atoms with E-state index in [0.29, 0.717) is 6.42 Å². The molecule has 0 amide bonds. The van der Waals surface area contributed by atoms with Gasteiger partial charge >= 0.3 is 0 Å². The summed E-state index contributed by atoms with van der Waals surface area (Å²) in [5.74, 6) is 0. The molecular formula is C16H26O2. The third-order valence-electron chi connectivity index (χ3n) is 4.17. The zero-order valence-corrected chi connectivity index (χ0v) is 12.7. The summed E-state index contributed by atoms with van der Waals surface area (Å²) in [4.78, 5) is 0. The van der Waals surface area contributed by atoms with Gasteiger partial charge in [0.1, 0.15) is 0 Å². The predicted molar refractivity (Wildman–Crippen MR) is 76.1 cm³/mol. The van der Waals surface area contributed by atoms with E-state index in [1.165, 1.54) is 22.3 Å². The third-order valence-corrected chi connectivity index (χ3v) is 4.17. The zero-order chi connectivity index (χ0) is 14.1. The number of methoxy groups -OCH3 is 1. The molecule has 1 rings (SSSR count). The molecule has 1 atom stereocenters. The van der Waals surface area contributed by atoms with Gasteiger partial charge in [-0.3, -0.25) is 0 Å². The van der Waals surface area contributed by atoms with Crippen molar-refractivity contribution in [3.63, 3.8) is 0 Å². The Balaban J connectivity index is 3.12. The smallest absolute Gasteiger partial charge is 0.0942 e. The van der Waals surface area contributed by atoms with Gasteiger partial charge in [0.15, 0.2) is 0 Å². The van der Waals surface area contributed by atoms with Crippen molar-refractivity contribution in [1.29, 1.82) is 0 Å². The lowest BCUT2D eigenvalue weighted by molar-refractivity contribution is -0.139. The molecule has 0 heterocycles. The quantitative estimate of drug-likeness (QED) is 0.888. The molecule has 1 N–H and O–H groups in total. The second kappa shape index (κ2) is 5.02. The van der Waals surface area contributed by atoms with Crippen molar-refractivity contribution in [1.82, 2.24) is 0 Å². The Morgan fingerprint density at radius 2 is 1.50 bits per heavy atom. The van der Waals surface area contributed by atoms with Crippen LogP contribution in [0.5, 0.6) is 0 Å². The molecular weight excluding hydrogens is 224 g/mol. The second-order valence-electron chi connectivity index (χ2n) is 6.04. The molecule has 2 nitrogen and oxygen atoms in total. The van der Waals surface area contributed by atoms with E-state index < -0.39 is 11.2 Å². The fourth-order valence-electron chi connectivity index (χ4n) is 2.27. The lowest BCUT2D eigenvalue weighted by Gasteiger charge is -2.39. The summed E-state index contributed by atoms with van der Waals surface area (Å²) in [5, 5.41) is 10.7. The minimum absolute atomic E-state index is 0.573. The van der Waals surface area contributed by atoms with Crippen molar-refractivity contribution < 1.29 is 9.84 Å². The highest BCUT2D eigenvalue weighted by Crippen LogP contribution is 2.31. The Morgan fingerprint density at radius 3 is 1.89 bits per heavy atom. The van der Waals surface area contributed by atoms with Crippen LogP contribution in [0.3, 0.4) is 0 Å². The van der Waals surface area contributed by atoms with Crippen LogP contribution in [0.25, 0.3) is 0 Å². The number of hydrogen-bond acceptors (Lipinski definition) is 2. The van der Waals surface area contributed by atoms with Gasteiger partial charge in [-0.15, -0.1) is 0 Å². The average Bonchev–Trinajstić information content (AvgIpc) is 2.23. The molecule has 0 aliphatic heterocycles. The molecule has 0 bridgehead atoms. The Morgan fingerprint density at radius 1 is 1.06 bits per heavy atom. The number of benzene rings is 1. The summed E-state index contributed by atoms with van der Waals surface area (Å²) in [5.41, 5.74) is 3.48. The van der Waals surface area contributed by atoms with Gasteiger partial charge in [-0.05, 0) is 58.2 Å². The van der Waals surface area contributed by atoms with Gasteiger partial charge in [0.2, 0.25) is 0 Å². The standard InChI is InChI=1S/C16H26O2/c1-11-8-12(2)14(13(3)9-11)10-16(6,17)15(4,5)18-7/h8-9,17H,10H2,1-7H3. The van der Waals surface area contributed by atoms with Crippen LogP contribution in [0.4, 0.5) is 0 Å². The summed E-state index contributed by atoms with van der Waals surface area (Å²) >= 11 is 0. The average molecular weight is 250 g/mol. The van der Waals surface area contributed by atoms with Crippen LogP contribution in [0.15, 0.2) is 12.1 Å². The van der Waals surface area contributed by atoms with Crippen LogP contribution >= 0.6 is 0 Å². The Labute approximate surface area is 111 Å². The van der Waals surface area contributed by atoms with Crippen molar-refractivity contribution in [3.8, 4) is 0 Å². The zero-order valence-electron chi connectivity index (χ0n) is 12.7. The molecule has 0 aliphatic carbocycles. The maximum atomic E-state index is 10.7. The molecule has 1 aromatic carbocycles. The van der Waals surface area contributed by atoms with E-state index in [0.717, 1.165) is 0 Å². The normalized spacial score (nSPS) is 15.6. The van der Waals surface area contributed by atoms with E-state index in [2.05, 4.69) is 32.9 Å². The number of hydrogen-bond donors (Lipinski definition) is 1. The molecule has 0 fully saturated rings. The highest BCUT2D eigenvalue weighted by Gasteiger charge is 2.40. The molecule has 0 saturated heterocycles. The minimum atomic E-state index is -0.896. The van der Waals surface area contributed by atoms with Gasteiger partial charge in [0.05, 0.1) is 11.2 Å². The van der Waals surface area contributed by atoms with E-state index in [1.807, 2.05) is 20.8 Å². The van der Waals surface area contributed by atoms with Crippen molar-refractivity contribution in [2.75, 3.05) is 7.11 Å². The monoisotopic (exact) mass is 250 g/mol. The molecule has 0 spiro atoms. The maximum absolute atomic E-state index is 10.7. The van der Waals surface area contributed by atoms with Gasteiger partial charge in [0.25, 0.3) is 0 Å². The highest BCUT2D eigenvalue weighted by atomic mass is 16.5. The van der Waals surface area contributed by atoms with Gasteiger partial charge in [-0.2, -0.15) is 0 Å². The lowest BCUT2D eigenvalue weighted by atomic mass is 9.80. The van der Waals surface area contributed by atoms with Gasteiger partial charge in [-0.1, -0.05) is 17.7 Å². The van der Waals surface area contributed by atoms with E-state index >= 15 is 0 Å². The summed E-state index contributed by atoms with van der Waals surface area (Å²) in [7, 11) is 1.64. The fraction of sp³-hybridized carbons (Fsp3) is 0.625. The molecule has 0 aromatic heterocycles. The molecule has 18 heavy (non-hydrogen) atoms. The van der Waals surface area contributed by atoms with E-state index in [4.69, 9.17) is 4.74 Å². The van der Waals surface area contributed by atoms with Crippen LogP contribution in [0, 0.1) is 20.8 Å². The van der Waals surface area contributed by atoms with Gasteiger partial charge in [0, 0.05) is 13.5 Å². The molecule has 1 aromatic rings. The van der Waals surface area contributed by atoms with Crippen molar-refractivity contribution in [3.05, 3.63) is 34.4 Å². The van der Waals surface area contributed by atoms with Crippen LogP contribution in [-0.4, -0.2) is 23.4 Å². The van der Waals surface area contributed by atoms with Crippen LogP contribution in [0.1, 0.15) is 43.0 Å². The van der Waals surface area contributed by atoms with E-state index in [-0.39, 0.29) is 0 Å².